The summed E-state index contributed by atoms with van der Waals surface area (Å²) in [6.07, 6.45) is 2.64. The Morgan fingerprint density at radius 1 is 1.60 bits per heavy atom. The van der Waals surface area contributed by atoms with Crippen LogP contribution in [0.4, 0.5) is 0 Å². The minimum Gasteiger partial charge on any atom is -0.475 e. The van der Waals surface area contributed by atoms with Crippen LogP contribution in [0, 0.1) is 5.92 Å². The monoisotopic (exact) mass is 209 g/mol. The SMILES string of the molecule is CN(Cc1ccc(C(=O)O)o1)CC1CC1. The zero-order valence-corrected chi connectivity index (χ0v) is 8.77. The Morgan fingerprint density at radius 3 is 2.87 bits per heavy atom. The summed E-state index contributed by atoms with van der Waals surface area (Å²) in [4.78, 5) is 12.7. The van der Waals surface area contributed by atoms with Crippen LogP contribution in [-0.4, -0.2) is 29.6 Å². The zero-order chi connectivity index (χ0) is 10.8. The molecule has 0 saturated heterocycles. The highest BCUT2D eigenvalue weighted by Crippen LogP contribution is 2.29. The van der Waals surface area contributed by atoms with E-state index in [2.05, 4.69) is 4.90 Å². The Kier molecular flexibility index (Phi) is 2.77. The van der Waals surface area contributed by atoms with Crippen LogP contribution in [-0.2, 0) is 6.54 Å². The number of aromatic carboxylic acids is 1. The third kappa shape index (κ3) is 2.83. The number of nitrogens with zero attached hydrogens (tertiary/aromatic N) is 1. The lowest BCUT2D eigenvalue weighted by Gasteiger charge is -2.13. The fourth-order valence-corrected chi connectivity index (χ4v) is 1.65. The molecule has 1 N–H and O–H groups in total. The van der Waals surface area contributed by atoms with Crippen molar-refractivity contribution < 1.29 is 14.3 Å². The van der Waals surface area contributed by atoms with Crippen LogP contribution in [0.15, 0.2) is 16.5 Å². The molecule has 82 valence electrons. The first-order valence-corrected chi connectivity index (χ1v) is 5.15. The van der Waals surface area contributed by atoms with E-state index in [-0.39, 0.29) is 5.76 Å². The van der Waals surface area contributed by atoms with Crippen molar-refractivity contribution in [2.75, 3.05) is 13.6 Å². The first-order valence-electron chi connectivity index (χ1n) is 5.15. The van der Waals surface area contributed by atoms with Gasteiger partial charge in [-0.15, -0.1) is 0 Å². The molecule has 0 radical (unpaired) electrons. The molecule has 15 heavy (non-hydrogen) atoms. The van der Waals surface area contributed by atoms with Crippen molar-refractivity contribution in [2.45, 2.75) is 19.4 Å². The fraction of sp³-hybridized carbons (Fsp3) is 0.545. The molecule has 1 aromatic heterocycles. The van der Waals surface area contributed by atoms with Crippen LogP contribution in [0.25, 0.3) is 0 Å². The van der Waals surface area contributed by atoms with Crippen molar-refractivity contribution in [2.24, 2.45) is 5.92 Å². The Balaban J connectivity index is 1.88. The molecule has 1 fully saturated rings. The molecule has 1 saturated carbocycles. The summed E-state index contributed by atoms with van der Waals surface area (Å²) in [6.45, 7) is 1.76. The summed E-state index contributed by atoms with van der Waals surface area (Å²) in [5.74, 6) is 0.565. The van der Waals surface area contributed by atoms with Crippen molar-refractivity contribution in [3.05, 3.63) is 23.7 Å². The van der Waals surface area contributed by atoms with Crippen molar-refractivity contribution in [1.29, 1.82) is 0 Å². The first-order chi connectivity index (χ1) is 7.15. The van der Waals surface area contributed by atoms with E-state index in [1.165, 1.54) is 18.9 Å². The van der Waals surface area contributed by atoms with E-state index in [0.717, 1.165) is 18.2 Å². The molecule has 1 aromatic rings. The molecular weight excluding hydrogens is 194 g/mol. The van der Waals surface area contributed by atoms with Gasteiger partial charge in [0, 0.05) is 6.54 Å². The maximum atomic E-state index is 10.6. The van der Waals surface area contributed by atoms with Gasteiger partial charge in [0.05, 0.1) is 6.54 Å². The molecule has 4 nitrogen and oxygen atoms in total. The van der Waals surface area contributed by atoms with Crippen LogP contribution in [0.5, 0.6) is 0 Å². The largest absolute Gasteiger partial charge is 0.475 e. The van der Waals surface area contributed by atoms with Crippen LogP contribution in [0.2, 0.25) is 0 Å². The Morgan fingerprint density at radius 2 is 2.33 bits per heavy atom. The third-order valence-electron chi connectivity index (χ3n) is 2.56. The highest BCUT2D eigenvalue weighted by Gasteiger charge is 2.23. The predicted octanol–water partition coefficient (Wildman–Crippen LogP) is 1.82. The van der Waals surface area contributed by atoms with Crippen LogP contribution >= 0.6 is 0 Å². The average Bonchev–Trinajstić information content (AvgIpc) is 2.82. The quantitative estimate of drug-likeness (QED) is 0.803. The van der Waals surface area contributed by atoms with Gasteiger partial charge in [0.15, 0.2) is 0 Å². The van der Waals surface area contributed by atoms with Gasteiger partial charge in [-0.25, -0.2) is 4.79 Å². The second-order valence-corrected chi connectivity index (χ2v) is 4.21. The number of hydrogen-bond donors (Lipinski definition) is 1. The van der Waals surface area contributed by atoms with Crippen molar-refractivity contribution in [3.63, 3.8) is 0 Å². The van der Waals surface area contributed by atoms with Crippen LogP contribution < -0.4 is 0 Å². The second kappa shape index (κ2) is 4.06. The van der Waals surface area contributed by atoms with Crippen molar-refractivity contribution in [3.8, 4) is 0 Å². The number of carboxylic acid groups (broad SMARTS) is 1. The summed E-state index contributed by atoms with van der Waals surface area (Å²) >= 11 is 0. The van der Waals surface area contributed by atoms with Gasteiger partial charge in [0.2, 0.25) is 5.76 Å². The highest BCUT2D eigenvalue weighted by molar-refractivity contribution is 5.84. The van der Waals surface area contributed by atoms with E-state index in [1.54, 1.807) is 6.07 Å². The summed E-state index contributed by atoms with van der Waals surface area (Å²) < 4.78 is 5.18. The van der Waals surface area contributed by atoms with E-state index in [9.17, 15) is 4.79 Å². The summed E-state index contributed by atoms with van der Waals surface area (Å²) in [5.41, 5.74) is 0. The van der Waals surface area contributed by atoms with E-state index in [4.69, 9.17) is 9.52 Å². The molecule has 4 heteroatoms. The van der Waals surface area contributed by atoms with Gasteiger partial charge in [-0.3, -0.25) is 4.90 Å². The molecule has 0 unspecified atom stereocenters. The summed E-state index contributed by atoms with van der Waals surface area (Å²) in [6, 6.07) is 3.23. The van der Waals surface area contributed by atoms with E-state index in [1.807, 2.05) is 7.05 Å². The van der Waals surface area contributed by atoms with Gasteiger partial charge in [-0.1, -0.05) is 0 Å². The van der Waals surface area contributed by atoms with E-state index in [0.29, 0.717) is 6.54 Å². The number of carbonyl (C=O) groups is 1. The molecule has 1 aliphatic carbocycles. The minimum absolute atomic E-state index is 0.0184. The van der Waals surface area contributed by atoms with Crippen molar-refractivity contribution >= 4 is 5.97 Å². The zero-order valence-electron chi connectivity index (χ0n) is 8.77. The smallest absolute Gasteiger partial charge is 0.371 e. The average molecular weight is 209 g/mol. The number of rotatable bonds is 5. The molecule has 0 aliphatic heterocycles. The topological polar surface area (TPSA) is 53.7 Å². The van der Waals surface area contributed by atoms with Gasteiger partial charge in [-0.2, -0.15) is 0 Å². The predicted molar refractivity (Wildman–Crippen MR) is 54.7 cm³/mol. The molecule has 0 spiro atoms. The Hall–Kier alpha value is -1.29. The van der Waals surface area contributed by atoms with E-state index >= 15 is 0 Å². The number of carboxylic acids is 1. The molecule has 2 rings (SSSR count). The maximum absolute atomic E-state index is 10.6. The summed E-state index contributed by atoms with van der Waals surface area (Å²) in [5, 5.41) is 8.68. The summed E-state index contributed by atoms with van der Waals surface area (Å²) in [7, 11) is 2.03. The molecule has 1 aliphatic rings. The third-order valence-corrected chi connectivity index (χ3v) is 2.56. The molecule has 0 bridgehead atoms. The van der Waals surface area contributed by atoms with E-state index < -0.39 is 5.97 Å². The van der Waals surface area contributed by atoms with Gasteiger partial charge in [0.25, 0.3) is 0 Å². The first kappa shape index (κ1) is 10.2. The molecule has 1 heterocycles. The molecule has 0 amide bonds. The minimum atomic E-state index is -1.01. The fourth-order valence-electron chi connectivity index (χ4n) is 1.65. The van der Waals surface area contributed by atoms with Crippen molar-refractivity contribution in [1.82, 2.24) is 4.90 Å². The van der Waals surface area contributed by atoms with Gasteiger partial charge < -0.3 is 9.52 Å². The number of hydrogen-bond acceptors (Lipinski definition) is 3. The second-order valence-electron chi connectivity index (χ2n) is 4.21. The lowest BCUT2D eigenvalue weighted by molar-refractivity contribution is 0.0658. The normalized spacial score (nSPS) is 15.9. The maximum Gasteiger partial charge on any atom is 0.371 e. The standard InChI is InChI=1S/C11H15NO3/c1-12(6-8-2-3-8)7-9-4-5-10(15-9)11(13)14/h4-5,8H,2-3,6-7H2,1H3,(H,13,14). The number of furan rings is 1. The van der Waals surface area contributed by atoms with Gasteiger partial charge >= 0.3 is 5.97 Å². The molecule has 0 aromatic carbocycles. The van der Waals surface area contributed by atoms with Crippen LogP contribution in [0.1, 0.15) is 29.2 Å². The highest BCUT2D eigenvalue weighted by atomic mass is 16.4. The van der Waals surface area contributed by atoms with Crippen LogP contribution in [0.3, 0.4) is 0 Å². The Labute approximate surface area is 88.5 Å². The molecule has 0 atom stereocenters. The molecular formula is C11H15NO3. The lowest BCUT2D eigenvalue weighted by atomic mass is 10.3. The Bertz CT molecular complexity index is 354. The van der Waals surface area contributed by atoms with Gasteiger partial charge in [0.1, 0.15) is 5.76 Å². The van der Waals surface area contributed by atoms with Gasteiger partial charge in [-0.05, 0) is 37.9 Å². The lowest BCUT2D eigenvalue weighted by Crippen LogP contribution is -2.19.